The van der Waals surface area contributed by atoms with Gasteiger partial charge in [0, 0.05) is 19.6 Å². The van der Waals surface area contributed by atoms with Crippen molar-refractivity contribution in [2.45, 2.75) is 27.3 Å². The summed E-state index contributed by atoms with van der Waals surface area (Å²) in [5.41, 5.74) is 5.40. The Morgan fingerprint density at radius 2 is 1.95 bits per heavy atom. The van der Waals surface area contributed by atoms with Gasteiger partial charge in [0.25, 0.3) is 0 Å². The van der Waals surface area contributed by atoms with E-state index >= 15 is 0 Å². The van der Waals surface area contributed by atoms with E-state index in [1.165, 1.54) is 0 Å². The molecule has 1 rings (SSSR count). The van der Waals surface area contributed by atoms with Gasteiger partial charge in [0.2, 0.25) is 5.95 Å². The van der Waals surface area contributed by atoms with E-state index in [-0.39, 0.29) is 12.0 Å². The minimum absolute atomic E-state index is 0.102. The number of rotatable bonds is 8. The molecule has 1 aromatic rings. The Morgan fingerprint density at radius 1 is 1.25 bits per heavy atom. The molecule has 1 aromatic heterocycles. The Labute approximate surface area is 119 Å². The second-order valence-corrected chi connectivity index (χ2v) is 4.41. The molecule has 1 heterocycles. The van der Waals surface area contributed by atoms with Crippen molar-refractivity contribution in [3.05, 3.63) is 5.82 Å². The molecular weight excluding hydrogens is 258 g/mol. The van der Waals surface area contributed by atoms with Crippen molar-refractivity contribution in [3.8, 4) is 0 Å². The number of hydrogen-bond donors (Lipinski definition) is 3. The fourth-order valence-electron chi connectivity index (χ4n) is 1.87. The molecule has 0 aliphatic rings. The summed E-state index contributed by atoms with van der Waals surface area (Å²) in [5, 5.41) is 9.17. The average molecular weight is 283 g/mol. The molecular formula is C12H25N7O. The van der Waals surface area contributed by atoms with Crippen molar-refractivity contribution >= 4 is 12.0 Å². The van der Waals surface area contributed by atoms with Crippen molar-refractivity contribution in [3.63, 3.8) is 0 Å². The van der Waals surface area contributed by atoms with Crippen LogP contribution in [0, 0.1) is 0 Å². The Bertz CT molecular complexity index is 402. The molecule has 0 saturated carbocycles. The van der Waals surface area contributed by atoms with Gasteiger partial charge in [-0.1, -0.05) is 13.8 Å². The van der Waals surface area contributed by atoms with E-state index < -0.39 is 0 Å². The Morgan fingerprint density at radius 3 is 2.45 bits per heavy atom. The van der Waals surface area contributed by atoms with Crippen LogP contribution < -0.4 is 11.1 Å². The number of nitrogen functional groups attached to an aromatic ring is 1. The standard InChI is InChI=1S/C12H25N7O/c1-4-18(5-2)7-8-19(6-3)12(20)14-9-10-15-11(13)17-16-10/h4-9H2,1-3H3,(H,14,20)(H3,13,15,16,17). The summed E-state index contributed by atoms with van der Waals surface area (Å²) in [7, 11) is 0. The number of anilines is 1. The molecule has 0 unspecified atom stereocenters. The maximum Gasteiger partial charge on any atom is 0.317 e. The van der Waals surface area contributed by atoms with E-state index in [1.54, 1.807) is 4.90 Å². The third-order valence-electron chi connectivity index (χ3n) is 3.21. The van der Waals surface area contributed by atoms with Gasteiger partial charge in [-0.25, -0.2) is 4.79 Å². The number of hydrogen-bond acceptors (Lipinski definition) is 5. The highest BCUT2D eigenvalue weighted by molar-refractivity contribution is 5.74. The predicted molar refractivity (Wildman–Crippen MR) is 78.1 cm³/mol. The van der Waals surface area contributed by atoms with E-state index in [2.05, 4.69) is 39.2 Å². The molecule has 0 aliphatic heterocycles. The fourth-order valence-corrected chi connectivity index (χ4v) is 1.87. The van der Waals surface area contributed by atoms with Gasteiger partial charge < -0.3 is 20.9 Å². The van der Waals surface area contributed by atoms with Crippen molar-refractivity contribution in [2.75, 3.05) is 38.5 Å². The van der Waals surface area contributed by atoms with Crippen molar-refractivity contribution in [1.82, 2.24) is 30.3 Å². The summed E-state index contributed by atoms with van der Waals surface area (Å²) in [5.74, 6) is 0.735. The minimum atomic E-state index is -0.102. The molecule has 114 valence electrons. The van der Waals surface area contributed by atoms with Gasteiger partial charge in [0.15, 0.2) is 0 Å². The highest BCUT2D eigenvalue weighted by atomic mass is 16.2. The molecule has 0 radical (unpaired) electrons. The predicted octanol–water partition coefficient (Wildman–Crippen LogP) is 0.260. The van der Waals surface area contributed by atoms with E-state index in [4.69, 9.17) is 5.73 Å². The number of urea groups is 1. The van der Waals surface area contributed by atoms with Gasteiger partial charge in [-0.05, 0) is 20.0 Å². The molecule has 4 N–H and O–H groups in total. The lowest BCUT2D eigenvalue weighted by molar-refractivity contribution is 0.187. The van der Waals surface area contributed by atoms with Crippen LogP contribution in [0.2, 0.25) is 0 Å². The first kappa shape index (κ1) is 16.2. The number of likely N-dealkylation sites (N-methyl/N-ethyl adjacent to an activating group) is 2. The molecule has 0 bridgehead atoms. The second kappa shape index (κ2) is 8.36. The molecule has 0 atom stereocenters. The van der Waals surface area contributed by atoms with E-state index in [1.807, 2.05) is 6.92 Å². The van der Waals surface area contributed by atoms with Crippen LogP contribution in [-0.4, -0.2) is 63.7 Å². The number of nitrogens with one attached hydrogen (secondary N) is 2. The first-order valence-electron chi connectivity index (χ1n) is 7.02. The molecule has 8 nitrogen and oxygen atoms in total. The zero-order valence-corrected chi connectivity index (χ0v) is 12.5. The second-order valence-electron chi connectivity index (χ2n) is 4.41. The molecule has 2 amide bonds. The quantitative estimate of drug-likeness (QED) is 0.635. The monoisotopic (exact) mass is 283 g/mol. The lowest BCUT2D eigenvalue weighted by Crippen LogP contribution is -2.43. The lowest BCUT2D eigenvalue weighted by atomic mass is 10.4. The zero-order valence-electron chi connectivity index (χ0n) is 12.5. The van der Waals surface area contributed by atoms with Crippen molar-refractivity contribution < 1.29 is 4.79 Å². The van der Waals surface area contributed by atoms with Crippen LogP contribution in [0.4, 0.5) is 10.7 Å². The first-order chi connectivity index (χ1) is 9.60. The third-order valence-corrected chi connectivity index (χ3v) is 3.21. The summed E-state index contributed by atoms with van der Waals surface area (Å²) in [6, 6.07) is -0.102. The average Bonchev–Trinajstić information content (AvgIpc) is 2.87. The number of aromatic amines is 1. The number of aromatic nitrogens is 3. The topological polar surface area (TPSA) is 103 Å². The van der Waals surface area contributed by atoms with Gasteiger partial charge >= 0.3 is 6.03 Å². The lowest BCUT2D eigenvalue weighted by Gasteiger charge is -2.25. The molecule has 8 heteroatoms. The molecule has 0 spiro atoms. The smallest absolute Gasteiger partial charge is 0.317 e. The summed E-state index contributed by atoms with van der Waals surface area (Å²) in [6.45, 7) is 10.7. The van der Waals surface area contributed by atoms with Gasteiger partial charge in [0.05, 0.1) is 6.54 Å². The van der Waals surface area contributed by atoms with Crippen LogP contribution in [-0.2, 0) is 6.54 Å². The molecule has 20 heavy (non-hydrogen) atoms. The van der Waals surface area contributed by atoms with E-state index in [0.29, 0.717) is 25.5 Å². The van der Waals surface area contributed by atoms with Crippen LogP contribution in [0.3, 0.4) is 0 Å². The Kier molecular flexibility index (Phi) is 6.78. The maximum atomic E-state index is 12.0. The summed E-state index contributed by atoms with van der Waals surface area (Å²) in [4.78, 5) is 20.0. The summed E-state index contributed by atoms with van der Waals surface area (Å²) in [6.07, 6.45) is 0. The maximum absolute atomic E-state index is 12.0. The number of amides is 2. The SMILES string of the molecule is CCN(CC)CCN(CC)C(=O)NCc1nc(N)n[nH]1. The molecule has 0 aliphatic carbocycles. The highest BCUT2D eigenvalue weighted by Crippen LogP contribution is 1.96. The molecule has 0 aromatic carbocycles. The van der Waals surface area contributed by atoms with Crippen LogP contribution in [0.1, 0.15) is 26.6 Å². The van der Waals surface area contributed by atoms with Crippen molar-refractivity contribution in [1.29, 1.82) is 0 Å². The minimum Gasteiger partial charge on any atom is -0.367 e. The number of H-pyrrole nitrogens is 1. The normalized spacial score (nSPS) is 10.8. The van der Waals surface area contributed by atoms with Crippen molar-refractivity contribution in [2.24, 2.45) is 0 Å². The number of carbonyl (C=O) groups excluding carboxylic acids is 1. The molecule has 0 fully saturated rings. The summed E-state index contributed by atoms with van der Waals surface area (Å²) >= 11 is 0. The van der Waals surface area contributed by atoms with Crippen LogP contribution in [0.15, 0.2) is 0 Å². The third kappa shape index (κ3) is 5.04. The largest absolute Gasteiger partial charge is 0.367 e. The van der Waals surface area contributed by atoms with Crippen LogP contribution in [0.25, 0.3) is 0 Å². The summed E-state index contributed by atoms with van der Waals surface area (Å²) < 4.78 is 0. The highest BCUT2D eigenvalue weighted by Gasteiger charge is 2.12. The van der Waals surface area contributed by atoms with E-state index in [9.17, 15) is 4.79 Å². The Balaban J connectivity index is 2.38. The van der Waals surface area contributed by atoms with Gasteiger partial charge in [-0.3, -0.25) is 5.10 Å². The molecule has 0 saturated heterocycles. The number of nitrogens with two attached hydrogens (primary N) is 1. The van der Waals surface area contributed by atoms with E-state index in [0.717, 1.165) is 19.6 Å². The van der Waals surface area contributed by atoms with Crippen LogP contribution >= 0.6 is 0 Å². The zero-order chi connectivity index (χ0) is 15.0. The van der Waals surface area contributed by atoms with Crippen LogP contribution in [0.5, 0.6) is 0 Å². The first-order valence-corrected chi connectivity index (χ1v) is 7.02. The van der Waals surface area contributed by atoms with Gasteiger partial charge in [-0.2, -0.15) is 4.98 Å². The number of nitrogens with zero attached hydrogens (tertiary/aromatic N) is 4. The number of carbonyl (C=O) groups is 1. The van der Waals surface area contributed by atoms with Gasteiger partial charge in [0.1, 0.15) is 5.82 Å². The van der Waals surface area contributed by atoms with Gasteiger partial charge in [-0.15, -0.1) is 5.10 Å². The Hall–Kier alpha value is -1.83. The fraction of sp³-hybridized carbons (Fsp3) is 0.750.